The molecule has 3 N–H and O–H groups in total. The highest BCUT2D eigenvalue weighted by Crippen LogP contribution is 2.21. The zero-order chi connectivity index (χ0) is 17.8. The molecule has 0 unspecified atom stereocenters. The number of hydrogen-bond donors (Lipinski definition) is 3. The number of nitrogens with zero attached hydrogens (tertiary/aromatic N) is 1. The Morgan fingerprint density at radius 3 is 2.21 bits per heavy atom. The lowest BCUT2D eigenvalue weighted by Gasteiger charge is -2.26. The number of benzene rings is 1. The number of aliphatic carboxylic acids is 2. The Kier molecular flexibility index (Phi) is 10.5. The zero-order valence-electron chi connectivity index (χ0n) is 13.4. The molecule has 6 nitrogen and oxygen atoms in total. The number of rotatable bonds is 6. The van der Waals surface area contributed by atoms with Gasteiger partial charge in [0.1, 0.15) is 0 Å². The molecule has 0 radical (unpaired) electrons. The minimum absolute atomic E-state index is 0.818. The van der Waals surface area contributed by atoms with Gasteiger partial charge in [-0.15, -0.1) is 11.8 Å². The van der Waals surface area contributed by atoms with Gasteiger partial charge in [-0.05, 0) is 49.4 Å². The van der Waals surface area contributed by atoms with Crippen molar-refractivity contribution >= 4 is 35.3 Å². The third-order valence-electron chi connectivity index (χ3n) is 3.34. The van der Waals surface area contributed by atoms with Crippen molar-refractivity contribution < 1.29 is 19.8 Å². The second-order valence-corrected chi connectivity index (χ2v) is 6.82. The molecule has 0 saturated carbocycles. The van der Waals surface area contributed by atoms with Crippen LogP contribution in [0.2, 0.25) is 5.02 Å². The van der Waals surface area contributed by atoms with Crippen LogP contribution >= 0.6 is 23.4 Å². The van der Waals surface area contributed by atoms with E-state index >= 15 is 0 Å². The SMILES string of the molecule is Clc1ccc(SCCCCN2CCNCC2)cc1.O=C(O)C(=O)O. The minimum Gasteiger partial charge on any atom is -0.473 e. The fourth-order valence-electron chi connectivity index (χ4n) is 2.09. The van der Waals surface area contributed by atoms with Crippen molar-refractivity contribution in [3.63, 3.8) is 0 Å². The van der Waals surface area contributed by atoms with Crippen LogP contribution in [0.4, 0.5) is 0 Å². The number of unbranched alkanes of at least 4 members (excludes halogenated alkanes) is 1. The van der Waals surface area contributed by atoms with Gasteiger partial charge < -0.3 is 20.4 Å². The summed E-state index contributed by atoms with van der Waals surface area (Å²) in [5.41, 5.74) is 0. The maximum atomic E-state index is 9.10. The number of thioether (sulfide) groups is 1. The molecule has 0 aromatic heterocycles. The molecule has 24 heavy (non-hydrogen) atoms. The van der Waals surface area contributed by atoms with E-state index in [0.29, 0.717) is 0 Å². The number of carboxylic acids is 2. The number of nitrogens with one attached hydrogen (secondary N) is 1. The lowest BCUT2D eigenvalue weighted by molar-refractivity contribution is -0.159. The van der Waals surface area contributed by atoms with Crippen molar-refractivity contribution in [2.24, 2.45) is 0 Å². The summed E-state index contributed by atoms with van der Waals surface area (Å²) in [4.78, 5) is 22.1. The molecule has 1 saturated heterocycles. The van der Waals surface area contributed by atoms with E-state index < -0.39 is 11.9 Å². The minimum atomic E-state index is -1.82. The van der Waals surface area contributed by atoms with Crippen LogP contribution in [0.1, 0.15) is 12.8 Å². The maximum Gasteiger partial charge on any atom is 0.414 e. The van der Waals surface area contributed by atoms with Crippen LogP contribution in [-0.2, 0) is 9.59 Å². The van der Waals surface area contributed by atoms with Gasteiger partial charge in [0.25, 0.3) is 0 Å². The van der Waals surface area contributed by atoms with Gasteiger partial charge >= 0.3 is 11.9 Å². The highest BCUT2D eigenvalue weighted by molar-refractivity contribution is 7.99. The second-order valence-electron chi connectivity index (χ2n) is 5.21. The summed E-state index contributed by atoms with van der Waals surface area (Å²) in [7, 11) is 0. The third kappa shape index (κ3) is 9.77. The van der Waals surface area contributed by atoms with Gasteiger partial charge in [0.05, 0.1) is 0 Å². The lowest BCUT2D eigenvalue weighted by Crippen LogP contribution is -2.43. The molecule has 1 heterocycles. The van der Waals surface area contributed by atoms with Crippen LogP contribution in [0.25, 0.3) is 0 Å². The van der Waals surface area contributed by atoms with Crippen LogP contribution in [0.15, 0.2) is 29.2 Å². The van der Waals surface area contributed by atoms with E-state index in [2.05, 4.69) is 22.3 Å². The predicted octanol–water partition coefficient (Wildman–Crippen LogP) is 2.27. The molecule has 134 valence electrons. The molecule has 0 spiro atoms. The molecule has 0 bridgehead atoms. The molecule has 1 aromatic rings. The quantitative estimate of drug-likeness (QED) is 0.400. The molecule has 0 aliphatic carbocycles. The first-order chi connectivity index (χ1) is 11.5. The highest BCUT2D eigenvalue weighted by Gasteiger charge is 2.08. The summed E-state index contributed by atoms with van der Waals surface area (Å²) in [6, 6.07) is 8.13. The molecule has 1 fully saturated rings. The largest absolute Gasteiger partial charge is 0.473 e. The molecular formula is C16H23ClN2O4S. The first kappa shape index (κ1) is 20.8. The molecule has 1 aliphatic heterocycles. The number of halogens is 1. The number of piperazine rings is 1. The van der Waals surface area contributed by atoms with E-state index in [-0.39, 0.29) is 0 Å². The Labute approximate surface area is 151 Å². The van der Waals surface area contributed by atoms with Gasteiger partial charge in [0.2, 0.25) is 0 Å². The number of carboxylic acid groups (broad SMARTS) is 2. The van der Waals surface area contributed by atoms with Gasteiger partial charge in [-0.3, -0.25) is 0 Å². The van der Waals surface area contributed by atoms with Crippen molar-refractivity contribution in [1.29, 1.82) is 0 Å². The maximum absolute atomic E-state index is 9.10. The third-order valence-corrected chi connectivity index (χ3v) is 4.69. The van der Waals surface area contributed by atoms with E-state index in [9.17, 15) is 0 Å². The highest BCUT2D eigenvalue weighted by atomic mass is 35.5. The van der Waals surface area contributed by atoms with Crippen molar-refractivity contribution in [2.45, 2.75) is 17.7 Å². The Morgan fingerprint density at radius 2 is 1.67 bits per heavy atom. The monoisotopic (exact) mass is 374 g/mol. The van der Waals surface area contributed by atoms with Crippen molar-refractivity contribution in [2.75, 3.05) is 38.5 Å². The normalized spacial score (nSPS) is 14.5. The second kappa shape index (κ2) is 12.1. The Bertz CT molecular complexity index is 495. The van der Waals surface area contributed by atoms with Crippen LogP contribution < -0.4 is 5.32 Å². The average molecular weight is 375 g/mol. The van der Waals surface area contributed by atoms with Crippen LogP contribution in [0, 0.1) is 0 Å². The van der Waals surface area contributed by atoms with E-state index in [4.69, 9.17) is 31.4 Å². The molecule has 0 amide bonds. The number of hydrogen-bond acceptors (Lipinski definition) is 5. The summed E-state index contributed by atoms with van der Waals surface area (Å²) < 4.78 is 0. The van der Waals surface area contributed by atoms with E-state index in [0.717, 1.165) is 18.1 Å². The molecule has 8 heteroatoms. The van der Waals surface area contributed by atoms with Crippen molar-refractivity contribution in [3.8, 4) is 0 Å². The first-order valence-electron chi connectivity index (χ1n) is 7.76. The van der Waals surface area contributed by atoms with Crippen molar-refractivity contribution in [1.82, 2.24) is 10.2 Å². The summed E-state index contributed by atoms with van der Waals surface area (Å²) in [6.45, 7) is 5.98. The summed E-state index contributed by atoms with van der Waals surface area (Å²) in [5.74, 6) is -2.45. The van der Waals surface area contributed by atoms with E-state index in [1.165, 1.54) is 43.1 Å². The smallest absolute Gasteiger partial charge is 0.414 e. The lowest BCUT2D eigenvalue weighted by atomic mass is 10.3. The van der Waals surface area contributed by atoms with Gasteiger partial charge in [0, 0.05) is 36.1 Å². The number of carbonyl (C=O) groups is 2. The molecule has 1 aliphatic rings. The van der Waals surface area contributed by atoms with Gasteiger partial charge in [-0.2, -0.15) is 0 Å². The molecular weight excluding hydrogens is 352 g/mol. The fraction of sp³-hybridized carbons (Fsp3) is 0.500. The van der Waals surface area contributed by atoms with Crippen LogP contribution in [-0.4, -0.2) is 65.5 Å². The van der Waals surface area contributed by atoms with E-state index in [1.807, 2.05) is 23.9 Å². The average Bonchev–Trinajstić information content (AvgIpc) is 2.58. The predicted molar refractivity (Wildman–Crippen MR) is 96.0 cm³/mol. The van der Waals surface area contributed by atoms with Gasteiger partial charge in [-0.1, -0.05) is 11.6 Å². The Balaban J connectivity index is 0.000000413. The van der Waals surface area contributed by atoms with Crippen LogP contribution in [0.3, 0.4) is 0 Å². The summed E-state index contributed by atoms with van der Waals surface area (Å²) >= 11 is 7.79. The van der Waals surface area contributed by atoms with E-state index in [1.54, 1.807) is 0 Å². The first-order valence-corrected chi connectivity index (χ1v) is 9.13. The van der Waals surface area contributed by atoms with Gasteiger partial charge in [-0.25, -0.2) is 9.59 Å². The topological polar surface area (TPSA) is 89.9 Å². The fourth-order valence-corrected chi connectivity index (χ4v) is 3.13. The molecule has 0 atom stereocenters. The standard InChI is InChI=1S/C14H21ClN2S.C2H2O4/c15-13-3-5-14(6-4-13)18-12-2-1-9-17-10-7-16-8-11-17;3-1(4)2(5)6/h3-6,16H,1-2,7-12H2;(H,3,4)(H,5,6). The summed E-state index contributed by atoms with van der Waals surface area (Å²) in [6.07, 6.45) is 2.60. The van der Waals surface area contributed by atoms with Crippen LogP contribution in [0.5, 0.6) is 0 Å². The molecule has 1 aromatic carbocycles. The summed E-state index contributed by atoms with van der Waals surface area (Å²) in [5, 5.41) is 19.0. The molecule has 2 rings (SSSR count). The Morgan fingerprint density at radius 1 is 1.08 bits per heavy atom. The van der Waals surface area contributed by atoms with Gasteiger partial charge in [0.15, 0.2) is 0 Å². The Hall–Kier alpha value is -1.28. The zero-order valence-corrected chi connectivity index (χ0v) is 15.0. The van der Waals surface area contributed by atoms with Crippen molar-refractivity contribution in [3.05, 3.63) is 29.3 Å².